The summed E-state index contributed by atoms with van der Waals surface area (Å²) in [5.74, 6) is 1.57. The largest absolute Gasteiger partial charge is 0.490 e. The average molecular weight is 583 g/mol. The van der Waals surface area contributed by atoms with Crippen LogP contribution in [-0.4, -0.2) is 41.7 Å². The van der Waals surface area contributed by atoms with Crippen molar-refractivity contribution >= 4 is 56.5 Å². The van der Waals surface area contributed by atoms with E-state index in [0.717, 1.165) is 18.2 Å². The Labute approximate surface area is 217 Å². The van der Waals surface area contributed by atoms with E-state index < -0.39 is 35.3 Å². The van der Waals surface area contributed by atoms with Crippen LogP contribution in [0.15, 0.2) is 45.8 Å². The summed E-state index contributed by atoms with van der Waals surface area (Å²) in [6, 6.07) is 7.24. The van der Waals surface area contributed by atoms with Crippen LogP contribution in [-0.2, 0) is 15.8 Å². The zero-order chi connectivity index (χ0) is 26.5. The number of anilines is 1. The Morgan fingerprint density at radius 3 is 2.61 bits per heavy atom. The zero-order valence-corrected chi connectivity index (χ0v) is 21.1. The number of benzene rings is 2. The highest BCUT2D eigenvalue weighted by molar-refractivity contribution is 9.10. The van der Waals surface area contributed by atoms with Crippen molar-refractivity contribution in [2.45, 2.75) is 13.1 Å². The Bertz CT molecular complexity index is 1270. The van der Waals surface area contributed by atoms with Gasteiger partial charge in [0.2, 0.25) is 5.91 Å². The van der Waals surface area contributed by atoms with Crippen molar-refractivity contribution < 1.29 is 37.0 Å². The minimum absolute atomic E-state index is 0.0211. The number of amides is 3. The molecular weight excluding hydrogens is 565 g/mol. The average Bonchev–Trinajstić information content (AvgIpc) is 3.07. The number of carbonyl (C=O) groups excluding carboxylic acids is 3. The quantitative estimate of drug-likeness (QED) is 0.324. The number of rotatable bonds is 8. The maximum absolute atomic E-state index is 12.9. The molecule has 0 bridgehead atoms. The summed E-state index contributed by atoms with van der Waals surface area (Å²) in [4.78, 5) is 38.3. The Morgan fingerprint density at radius 1 is 1.22 bits per heavy atom. The predicted octanol–water partition coefficient (Wildman–Crippen LogP) is 5.55. The second-order valence-corrected chi connectivity index (χ2v) is 8.99. The number of hydrogen-bond acceptors (Lipinski definition) is 6. The monoisotopic (exact) mass is 582 g/mol. The standard InChI is InChI=1S/C24H18BrF3N2O5S/c1-3-8-35-19-12-17(25)14(9-18(19)34-4-2)10-20-22(32)30(23(33)36-20)13-21(31)29-16-7-5-6-15(11-16)24(26,27)28/h1,5-7,9-12H,4,8,13H2,2H3,(H,29,31)/b20-10-. The van der Waals surface area contributed by atoms with Crippen LogP contribution in [0.1, 0.15) is 18.1 Å². The van der Waals surface area contributed by atoms with E-state index in [4.69, 9.17) is 15.9 Å². The zero-order valence-electron chi connectivity index (χ0n) is 18.6. The van der Waals surface area contributed by atoms with E-state index in [2.05, 4.69) is 27.2 Å². The van der Waals surface area contributed by atoms with Gasteiger partial charge in [-0.05, 0) is 60.7 Å². The van der Waals surface area contributed by atoms with E-state index in [1.165, 1.54) is 12.1 Å². The van der Waals surface area contributed by atoms with E-state index in [0.29, 0.717) is 44.8 Å². The predicted molar refractivity (Wildman–Crippen MR) is 132 cm³/mol. The molecule has 1 saturated heterocycles. The van der Waals surface area contributed by atoms with Gasteiger partial charge in [-0.25, -0.2) is 0 Å². The number of nitrogens with one attached hydrogen (secondary N) is 1. The lowest BCUT2D eigenvalue weighted by molar-refractivity contribution is -0.137. The summed E-state index contributed by atoms with van der Waals surface area (Å²) in [5.41, 5.74) is -0.551. The fourth-order valence-electron chi connectivity index (χ4n) is 3.06. The first-order valence-corrected chi connectivity index (χ1v) is 11.9. The molecule has 0 aliphatic carbocycles. The van der Waals surface area contributed by atoms with E-state index in [1.54, 1.807) is 19.1 Å². The number of imide groups is 1. The highest BCUT2D eigenvalue weighted by Crippen LogP contribution is 2.38. The normalized spacial score (nSPS) is 14.7. The van der Waals surface area contributed by atoms with Gasteiger partial charge in [-0.1, -0.05) is 27.9 Å². The first kappa shape index (κ1) is 27.2. The van der Waals surface area contributed by atoms with Crippen molar-refractivity contribution in [2.24, 2.45) is 0 Å². The molecular formula is C24H18BrF3N2O5S. The van der Waals surface area contributed by atoms with E-state index >= 15 is 0 Å². The topological polar surface area (TPSA) is 84.9 Å². The highest BCUT2D eigenvalue weighted by Gasteiger charge is 2.36. The summed E-state index contributed by atoms with van der Waals surface area (Å²) in [6.45, 7) is 1.48. The van der Waals surface area contributed by atoms with Crippen LogP contribution in [0, 0.1) is 12.3 Å². The van der Waals surface area contributed by atoms with Crippen LogP contribution in [0.3, 0.4) is 0 Å². The molecule has 2 aromatic rings. The number of carbonyl (C=O) groups is 3. The Kier molecular flexibility index (Phi) is 8.70. The minimum atomic E-state index is -4.58. The molecule has 12 heteroatoms. The second-order valence-electron chi connectivity index (χ2n) is 7.14. The second kappa shape index (κ2) is 11.5. The lowest BCUT2D eigenvalue weighted by Crippen LogP contribution is -2.36. The fraction of sp³-hybridized carbons (Fsp3) is 0.208. The van der Waals surface area contributed by atoms with Gasteiger partial charge in [0.15, 0.2) is 11.5 Å². The van der Waals surface area contributed by atoms with Crippen LogP contribution >= 0.6 is 27.7 Å². The Morgan fingerprint density at radius 2 is 1.94 bits per heavy atom. The van der Waals surface area contributed by atoms with Crippen molar-refractivity contribution in [1.82, 2.24) is 4.90 Å². The van der Waals surface area contributed by atoms with Crippen LogP contribution < -0.4 is 14.8 Å². The highest BCUT2D eigenvalue weighted by atomic mass is 79.9. The first-order valence-electron chi connectivity index (χ1n) is 10.3. The van der Waals surface area contributed by atoms with Gasteiger partial charge in [-0.3, -0.25) is 19.3 Å². The van der Waals surface area contributed by atoms with E-state index in [-0.39, 0.29) is 17.2 Å². The van der Waals surface area contributed by atoms with Crippen molar-refractivity contribution in [3.05, 3.63) is 56.9 Å². The van der Waals surface area contributed by atoms with Crippen molar-refractivity contribution in [1.29, 1.82) is 0 Å². The molecule has 7 nitrogen and oxygen atoms in total. The van der Waals surface area contributed by atoms with Gasteiger partial charge in [0, 0.05) is 10.2 Å². The van der Waals surface area contributed by atoms with Gasteiger partial charge >= 0.3 is 6.18 Å². The van der Waals surface area contributed by atoms with Crippen LogP contribution in [0.4, 0.5) is 23.7 Å². The number of thioether (sulfide) groups is 1. The smallest absolute Gasteiger partial charge is 0.416 e. The number of terminal acetylenes is 1. The van der Waals surface area contributed by atoms with E-state index in [9.17, 15) is 27.6 Å². The minimum Gasteiger partial charge on any atom is -0.490 e. The van der Waals surface area contributed by atoms with Crippen molar-refractivity contribution in [3.63, 3.8) is 0 Å². The molecule has 3 amide bonds. The molecule has 3 rings (SSSR count). The number of hydrogen-bond donors (Lipinski definition) is 1. The third-order valence-electron chi connectivity index (χ3n) is 4.61. The van der Waals surface area contributed by atoms with Crippen LogP contribution in [0.2, 0.25) is 0 Å². The van der Waals surface area contributed by atoms with Crippen LogP contribution in [0.5, 0.6) is 11.5 Å². The third-order valence-corrected chi connectivity index (χ3v) is 6.20. The molecule has 2 aromatic carbocycles. The Balaban J connectivity index is 1.76. The van der Waals surface area contributed by atoms with Gasteiger partial charge in [0.1, 0.15) is 13.2 Å². The molecule has 188 valence electrons. The van der Waals surface area contributed by atoms with Crippen LogP contribution in [0.25, 0.3) is 6.08 Å². The van der Waals surface area contributed by atoms with Gasteiger partial charge in [0.05, 0.1) is 17.1 Å². The maximum atomic E-state index is 12.9. The lowest BCUT2D eigenvalue weighted by atomic mass is 10.1. The summed E-state index contributed by atoms with van der Waals surface area (Å²) in [5, 5.41) is 1.58. The lowest BCUT2D eigenvalue weighted by Gasteiger charge is -2.14. The van der Waals surface area contributed by atoms with Crippen molar-refractivity contribution in [3.8, 4) is 23.8 Å². The summed E-state index contributed by atoms with van der Waals surface area (Å²) >= 11 is 4.01. The molecule has 1 aliphatic rings. The molecule has 0 saturated carbocycles. The SMILES string of the molecule is C#CCOc1cc(Br)c(/C=C2\SC(=O)N(CC(=O)Nc3cccc(C(F)(F)F)c3)C2=O)cc1OCC. The molecule has 36 heavy (non-hydrogen) atoms. The van der Waals surface area contributed by atoms with Gasteiger partial charge in [0.25, 0.3) is 11.1 Å². The molecule has 0 aromatic heterocycles. The summed E-state index contributed by atoms with van der Waals surface area (Å²) in [6.07, 6.45) is 2.10. The number of alkyl halides is 3. The number of nitrogens with zero attached hydrogens (tertiary/aromatic N) is 1. The number of ether oxygens (including phenoxy) is 2. The van der Waals surface area contributed by atoms with Gasteiger partial charge in [-0.15, -0.1) is 6.42 Å². The van der Waals surface area contributed by atoms with Crippen molar-refractivity contribution in [2.75, 3.05) is 25.1 Å². The van der Waals surface area contributed by atoms with Gasteiger partial charge < -0.3 is 14.8 Å². The summed E-state index contributed by atoms with van der Waals surface area (Å²) < 4.78 is 50.2. The molecule has 0 unspecified atom stereocenters. The van der Waals surface area contributed by atoms with Gasteiger partial charge in [-0.2, -0.15) is 13.2 Å². The molecule has 1 N–H and O–H groups in total. The third kappa shape index (κ3) is 6.61. The molecule has 0 radical (unpaired) electrons. The number of halogens is 4. The molecule has 1 heterocycles. The molecule has 0 atom stereocenters. The Hall–Kier alpha value is -3.43. The molecule has 1 aliphatic heterocycles. The molecule has 0 spiro atoms. The van der Waals surface area contributed by atoms with E-state index in [1.807, 2.05) is 0 Å². The first-order chi connectivity index (χ1) is 17.0. The maximum Gasteiger partial charge on any atom is 0.416 e. The fourth-order valence-corrected chi connectivity index (χ4v) is 4.32. The molecule has 1 fully saturated rings. The summed E-state index contributed by atoms with van der Waals surface area (Å²) in [7, 11) is 0.